The fourth-order valence-electron chi connectivity index (χ4n) is 1.41. The quantitative estimate of drug-likeness (QED) is 0.641. The van der Waals surface area contributed by atoms with Crippen molar-refractivity contribution in [1.29, 1.82) is 0 Å². The molecule has 0 radical (unpaired) electrons. The molecule has 0 rings (SSSR count). The molecule has 0 saturated heterocycles. The fraction of sp³-hybridized carbons (Fsp3) is 0.909. The Balaban J connectivity index is 4.93. The zero-order valence-corrected chi connectivity index (χ0v) is 12.4. The SMILES string of the molecule is CCCN(CC(C)(C)CN)S(=O)(=O)CC(=O)OC. The Kier molecular flexibility index (Phi) is 6.80. The maximum Gasteiger partial charge on any atom is 0.322 e. The van der Waals surface area contributed by atoms with Gasteiger partial charge in [0.1, 0.15) is 0 Å². The lowest BCUT2D eigenvalue weighted by molar-refractivity contribution is -0.137. The molecule has 0 saturated carbocycles. The molecule has 0 aliphatic heterocycles. The number of carbonyl (C=O) groups excluding carboxylic acids is 1. The van der Waals surface area contributed by atoms with Gasteiger partial charge in [-0.1, -0.05) is 20.8 Å². The fourth-order valence-corrected chi connectivity index (χ4v) is 3.01. The molecule has 0 spiro atoms. The van der Waals surface area contributed by atoms with Gasteiger partial charge in [0.25, 0.3) is 0 Å². The van der Waals surface area contributed by atoms with Crippen LogP contribution in [0.1, 0.15) is 27.2 Å². The van der Waals surface area contributed by atoms with Gasteiger partial charge in [0.2, 0.25) is 10.0 Å². The van der Waals surface area contributed by atoms with Crippen LogP contribution in [0.2, 0.25) is 0 Å². The first-order valence-corrected chi connectivity index (χ1v) is 7.54. The topological polar surface area (TPSA) is 89.7 Å². The third-order valence-corrected chi connectivity index (χ3v) is 4.25. The van der Waals surface area contributed by atoms with E-state index >= 15 is 0 Å². The molecule has 0 aromatic heterocycles. The van der Waals surface area contributed by atoms with Crippen molar-refractivity contribution in [1.82, 2.24) is 4.31 Å². The number of nitrogens with zero attached hydrogens (tertiary/aromatic N) is 1. The summed E-state index contributed by atoms with van der Waals surface area (Å²) in [6, 6.07) is 0. The van der Waals surface area contributed by atoms with Crippen LogP contribution < -0.4 is 5.73 Å². The summed E-state index contributed by atoms with van der Waals surface area (Å²) >= 11 is 0. The molecule has 7 heteroatoms. The number of hydrogen-bond acceptors (Lipinski definition) is 5. The zero-order valence-electron chi connectivity index (χ0n) is 11.6. The number of esters is 1. The van der Waals surface area contributed by atoms with Crippen LogP contribution in [0.5, 0.6) is 0 Å². The molecular weight excluding hydrogens is 256 g/mol. The zero-order chi connectivity index (χ0) is 14.4. The van der Waals surface area contributed by atoms with Crippen molar-refractivity contribution in [2.75, 3.05) is 32.5 Å². The molecule has 0 aliphatic rings. The van der Waals surface area contributed by atoms with Gasteiger partial charge in [0, 0.05) is 13.1 Å². The summed E-state index contributed by atoms with van der Waals surface area (Å²) in [5, 5.41) is 0. The van der Waals surface area contributed by atoms with E-state index in [-0.39, 0.29) is 5.41 Å². The molecule has 6 nitrogen and oxygen atoms in total. The molecule has 18 heavy (non-hydrogen) atoms. The molecule has 0 aromatic carbocycles. The standard InChI is InChI=1S/C11H24N2O4S/c1-5-6-13(9-11(2,3)8-12)18(15,16)7-10(14)17-4/h5-9,12H2,1-4H3. The van der Waals surface area contributed by atoms with E-state index < -0.39 is 21.7 Å². The first-order valence-electron chi connectivity index (χ1n) is 5.93. The van der Waals surface area contributed by atoms with Crippen LogP contribution in [-0.2, 0) is 19.6 Å². The first kappa shape index (κ1) is 17.3. The van der Waals surface area contributed by atoms with Crippen LogP contribution in [0, 0.1) is 5.41 Å². The Morgan fingerprint density at radius 1 is 1.39 bits per heavy atom. The lowest BCUT2D eigenvalue weighted by atomic mass is 9.94. The molecule has 0 amide bonds. The molecule has 0 aromatic rings. The third-order valence-electron chi connectivity index (χ3n) is 2.55. The van der Waals surface area contributed by atoms with E-state index in [0.717, 1.165) is 0 Å². The predicted octanol–water partition coefficient (Wildman–Crippen LogP) is 0.186. The van der Waals surface area contributed by atoms with E-state index in [0.29, 0.717) is 26.1 Å². The van der Waals surface area contributed by atoms with Gasteiger partial charge in [-0.2, -0.15) is 0 Å². The predicted molar refractivity (Wildman–Crippen MR) is 70.5 cm³/mol. The average Bonchev–Trinajstić information content (AvgIpc) is 2.27. The number of rotatable bonds is 8. The van der Waals surface area contributed by atoms with Gasteiger partial charge in [-0.05, 0) is 18.4 Å². The Hall–Kier alpha value is -0.660. The van der Waals surface area contributed by atoms with Gasteiger partial charge in [0.15, 0.2) is 5.75 Å². The van der Waals surface area contributed by atoms with Gasteiger partial charge >= 0.3 is 5.97 Å². The molecule has 2 N–H and O–H groups in total. The summed E-state index contributed by atoms with van der Waals surface area (Å²) in [5.74, 6) is -1.37. The van der Waals surface area contributed by atoms with Gasteiger partial charge < -0.3 is 10.5 Å². The molecule has 0 heterocycles. The van der Waals surface area contributed by atoms with Gasteiger partial charge in [-0.25, -0.2) is 12.7 Å². The third kappa shape index (κ3) is 5.79. The summed E-state index contributed by atoms with van der Waals surface area (Å²) in [4.78, 5) is 11.1. The smallest absolute Gasteiger partial charge is 0.322 e. The highest BCUT2D eigenvalue weighted by atomic mass is 32.2. The maximum atomic E-state index is 12.1. The molecule has 0 aliphatic carbocycles. The molecule has 0 atom stereocenters. The van der Waals surface area contributed by atoms with Crippen LogP contribution in [0.3, 0.4) is 0 Å². The Morgan fingerprint density at radius 3 is 2.33 bits per heavy atom. The number of ether oxygens (including phenoxy) is 1. The summed E-state index contributed by atoms with van der Waals surface area (Å²) in [6.45, 7) is 6.73. The highest BCUT2D eigenvalue weighted by molar-refractivity contribution is 7.89. The number of hydrogen-bond donors (Lipinski definition) is 1. The summed E-state index contributed by atoms with van der Waals surface area (Å²) in [5.41, 5.74) is 5.29. The van der Waals surface area contributed by atoms with Crippen molar-refractivity contribution in [3.05, 3.63) is 0 Å². The Bertz CT molecular complexity index is 365. The minimum atomic E-state index is -3.64. The van der Waals surface area contributed by atoms with Gasteiger partial charge in [0.05, 0.1) is 7.11 Å². The highest BCUT2D eigenvalue weighted by Gasteiger charge is 2.30. The number of nitrogens with two attached hydrogens (primary N) is 1. The van der Waals surface area contributed by atoms with E-state index in [2.05, 4.69) is 4.74 Å². The van der Waals surface area contributed by atoms with Gasteiger partial charge in [-0.15, -0.1) is 0 Å². The summed E-state index contributed by atoms with van der Waals surface area (Å²) < 4.78 is 29.9. The van der Waals surface area contributed by atoms with Crippen molar-refractivity contribution in [2.24, 2.45) is 11.1 Å². The van der Waals surface area contributed by atoms with Gasteiger partial charge in [-0.3, -0.25) is 4.79 Å². The molecule has 108 valence electrons. The maximum absolute atomic E-state index is 12.1. The second-order valence-electron chi connectivity index (χ2n) is 5.03. The number of methoxy groups -OCH3 is 1. The van der Waals surface area contributed by atoms with E-state index in [9.17, 15) is 13.2 Å². The van der Waals surface area contributed by atoms with Crippen LogP contribution >= 0.6 is 0 Å². The highest BCUT2D eigenvalue weighted by Crippen LogP contribution is 2.18. The molecule has 0 unspecified atom stereocenters. The average molecular weight is 280 g/mol. The van der Waals surface area contributed by atoms with Crippen molar-refractivity contribution in [2.45, 2.75) is 27.2 Å². The van der Waals surface area contributed by atoms with Crippen LogP contribution in [0.4, 0.5) is 0 Å². The summed E-state index contributed by atoms with van der Waals surface area (Å²) in [6.07, 6.45) is 0.682. The molecule has 0 bridgehead atoms. The number of sulfonamides is 1. The van der Waals surface area contributed by atoms with E-state index in [1.165, 1.54) is 11.4 Å². The van der Waals surface area contributed by atoms with E-state index in [4.69, 9.17) is 5.73 Å². The minimum absolute atomic E-state index is 0.302. The van der Waals surface area contributed by atoms with Crippen LogP contribution in [-0.4, -0.2) is 51.2 Å². The lowest BCUT2D eigenvalue weighted by Gasteiger charge is -2.30. The largest absolute Gasteiger partial charge is 0.468 e. The van der Waals surface area contributed by atoms with Crippen molar-refractivity contribution in [3.8, 4) is 0 Å². The normalized spacial score (nSPS) is 12.8. The van der Waals surface area contributed by atoms with Crippen LogP contribution in [0.15, 0.2) is 0 Å². The van der Waals surface area contributed by atoms with Crippen molar-refractivity contribution in [3.63, 3.8) is 0 Å². The lowest BCUT2D eigenvalue weighted by Crippen LogP contribution is -2.44. The van der Waals surface area contributed by atoms with Crippen LogP contribution in [0.25, 0.3) is 0 Å². The second-order valence-corrected chi connectivity index (χ2v) is 7.00. The van der Waals surface area contributed by atoms with E-state index in [1.54, 1.807) is 0 Å². The Morgan fingerprint density at radius 2 is 1.94 bits per heavy atom. The Labute approximate surface area is 110 Å². The van der Waals surface area contributed by atoms with Crippen molar-refractivity contribution >= 4 is 16.0 Å². The second kappa shape index (κ2) is 7.06. The monoisotopic (exact) mass is 280 g/mol. The van der Waals surface area contributed by atoms with Crippen molar-refractivity contribution < 1.29 is 17.9 Å². The first-order chi connectivity index (χ1) is 8.18. The number of carbonyl (C=O) groups is 1. The minimum Gasteiger partial charge on any atom is -0.468 e. The van der Waals surface area contributed by atoms with E-state index in [1.807, 2.05) is 20.8 Å². The molecule has 0 fully saturated rings. The molecular formula is C11H24N2O4S. The summed E-state index contributed by atoms with van der Waals surface area (Å²) in [7, 11) is -2.46.